The van der Waals surface area contributed by atoms with Crippen LogP contribution < -0.4 is 37.7 Å². The summed E-state index contributed by atoms with van der Waals surface area (Å²) in [6.07, 6.45) is 0. The molecule has 0 N–H and O–H groups in total. The smallest absolute Gasteiger partial charge is 0.759 e. The molecular formula is CoLi2O4S. The van der Waals surface area contributed by atoms with Crippen LogP contribution in [0.5, 0.6) is 0 Å². The van der Waals surface area contributed by atoms with E-state index in [1.165, 1.54) is 0 Å². The van der Waals surface area contributed by atoms with Gasteiger partial charge in [-0.2, -0.15) is 0 Å². The first kappa shape index (κ1) is 22.7. The third-order valence-corrected chi connectivity index (χ3v) is 0. The van der Waals surface area contributed by atoms with E-state index in [1.807, 2.05) is 0 Å². The molecule has 0 atom stereocenters. The summed E-state index contributed by atoms with van der Waals surface area (Å²) < 4.78 is 34.1. The minimum absolute atomic E-state index is 0. The Hall–Kier alpha value is 1.57. The van der Waals surface area contributed by atoms with Crippen LogP contribution in [0.1, 0.15) is 0 Å². The Bertz CT molecular complexity index is 97.2. The summed E-state index contributed by atoms with van der Waals surface area (Å²) in [5, 5.41) is 0. The average molecular weight is 169 g/mol. The molecule has 0 saturated carbocycles. The van der Waals surface area contributed by atoms with Crippen LogP contribution in [0.3, 0.4) is 0 Å². The van der Waals surface area contributed by atoms with E-state index in [2.05, 4.69) is 0 Å². The number of rotatable bonds is 0. The molecule has 0 aliphatic rings. The summed E-state index contributed by atoms with van der Waals surface area (Å²) >= 11 is 0. The van der Waals surface area contributed by atoms with Gasteiger partial charge in [0, 0.05) is 27.2 Å². The van der Waals surface area contributed by atoms with Gasteiger partial charge in [0.1, 0.15) is 0 Å². The molecule has 0 bridgehead atoms. The Labute approximate surface area is 81.9 Å². The Morgan fingerprint density at radius 3 is 1.00 bits per heavy atom. The monoisotopic (exact) mass is 169 g/mol. The van der Waals surface area contributed by atoms with Crippen molar-refractivity contribution in [2.75, 3.05) is 0 Å². The fraction of sp³-hybridized carbons (Fsp3) is 0. The molecule has 0 amide bonds. The van der Waals surface area contributed by atoms with E-state index in [0.29, 0.717) is 0 Å². The van der Waals surface area contributed by atoms with Crippen molar-refractivity contribution in [1.82, 2.24) is 0 Å². The molecular weight excluding hydrogens is 169 g/mol. The van der Waals surface area contributed by atoms with Crippen molar-refractivity contribution in [2.24, 2.45) is 0 Å². The molecule has 41 valence electrons. The van der Waals surface area contributed by atoms with Gasteiger partial charge in [0.2, 0.25) is 0 Å². The summed E-state index contributed by atoms with van der Waals surface area (Å²) in [7, 11) is -5.17. The van der Waals surface area contributed by atoms with Crippen molar-refractivity contribution in [1.29, 1.82) is 0 Å². The molecule has 0 aromatic carbocycles. The molecule has 0 spiro atoms. The van der Waals surface area contributed by atoms with Gasteiger partial charge in [-0.3, -0.25) is 8.42 Å². The molecule has 0 unspecified atom stereocenters. The number of hydrogen-bond acceptors (Lipinski definition) is 4. The zero-order chi connectivity index (χ0) is 4.50. The largest absolute Gasteiger partial charge is 1.00 e. The van der Waals surface area contributed by atoms with Gasteiger partial charge < -0.3 is 9.11 Å². The van der Waals surface area contributed by atoms with Gasteiger partial charge in [-0.05, 0) is 0 Å². The molecule has 8 heavy (non-hydrogen) atoms. The van der Waals surface area contributed by atoms with Gasteiger partial charge in [-0.15, -0.1) is 0 Å². The minimum Gasteiger partial charge on any atom is -0.759 e. The molecule has 0 saturated heterocycles. The van der Waals surface area contributed by atoms with Gasteiger partial charge in [-0.25, -0.2) is 0 Å². The fourth-order valence-electron chi connectivity index (χ4n) is 0. The van der Waals surface area contributed by atoms with E-state index < -0.39 is 10.4 Å². The third kappa shape index (κ3) is 132. The molecule has 0 aliphatic carbocycles. The van der Waals surface area contributed by atoms with E-state index >= 15 is 0 Å². The van der Waals surface area contributed by atoms with Gasteiger partial charge in [0.05, 0.1) is 0 Å². The predicted octanol–water partition coefficient (Wildman–Crippen LogP) is -7.33. The van der Waals surface area contributed by atoms with Crippen LogP contribution in [0.25, 0.3) is 0 Å². The maximum absolute atomic E-state index is 8.52. The summed E-state index contributed by atoms with van der Waals surface area (Å²) in [6, 6.07) is 0. The predicted molar refractivity (Wildman–Crippen MR) is 10.5 cm³/mol. The molecule has 0 rings (SSSR count). The second-order valence-electron chi connectivity index (χ2n) is 0.408. The molecule has 0 aromatic heterocycles. The number of hydrogen-bond donors (Lipinski definition) is 0. The second-order valence-corrected chi connectivity index (χ2v) is 1.22. The SMILES string of the molecule is O=S(=O)([O-])[O-].[Co].[Li+].[Li+]. The third-order valence-electron chi connectivity index (χ3n) is 0. The summed E-state index contributed by atoms with van der Waals surface area (Å²) in [6.45, 7) is 0. The Balaban J connectivity index is -0.0000000267. The second kappa shape index (κ2) is 8.57. The van der Waals surface area contributed by atoms with E-state index in [1.54, 1.807) is 0 Å². The average Bonchev–Trinajstić information content (AvgIpc) is 0.722. The first-order valence-electron chi connectivity index (χ1n) is 0.667. The van der Waals surface area contributed by atoms with Crippen LogP contribution in [0.4, 0.5) is 0 Å². The molecule has 0 fully saturated rings. The van der Waals surface area contributed by atoms with Crippen LogP contribution >= 0.6 is 0 Å². The van der Waals surface area contributed by atoms with Crippen molar-refractivity contribution in [3.63, 3.8) is 0 Å². The Morgan fingerprint density at radius 1 is 1.00 bits per heavy atom. The van der Waals surface area contributed by atoms with Crippen molar-refractivity contribution in [2.45, 2.75) is 0 Å². The van der Waals surface area contributed by atoms with Crippen molar-refractivity contribution < 1.29 is 72.0 Å². The zero-order valence-corrected chi connectivity index (χ0v) is 6.23. The molecule has 0 heterocycles. The van der Waals surface area contributed by atoms with Crippen LogP contribution in [0.15, 0.2) is 0 Å². The van der Waals surface area contributed by atoms with E-state index in [-0.39, 0.29) is 54.5 Å². The summed E-state index contributed by atoms with van der Waals surface area (Å²) in [5.74, 6) is 0. The van der Waals surface area contributed by atoms with E-state index in [4.69, 9.17) is 17.5 Å². The Morgan fingerprint density at radius 2 is 1.00 bits per heavy atom. The van der Waals surface area contributed by atoms with Crippen LogP contribution in [-0.2, 0) is 27.2 Å². The van der Waals surface area contributed by atoms with Gasteiger partial charge in [-0.1, -0.05) is 0 Å². The van der Waals surface area contributed by atoms with Gasteiger partial charge >= 0.3 is 37.7 Å². The minimum atomic E-state index is -5.17. The normalized spacial score (nSPS) is 7.25. The Kier molecular flexibility index (Phi) is 24.3. The maximum atomic E-state index is 8.52. The van der Waals surface area contributed by atoms with Crippen LogP contribution in [0, 0.1) is 0 Å². The van der Waals surface area contributed by atoms with E-state index in [9.17, 15) is 0 Å². The maximum Gasteiger partial charge on any atom is 1.00 e. The van der Waals surface area contributed by atoms with Gasteiger partial charge in [0.15, 0.2) is 0 Å². The molecule has 1 radical (unpaired) electrons. The molecule has 0 aromatic rings. The summed E-state index contributed by atoms with van der Waals surface area (Å²) in [5.41, 5.74) is 0. The fourth-order valence-corrected chi connectivity index (χ4v) is 0. The first-order valence-corrected chi connectivity index (χ1v) is 2.00. The molecule has 0 aliphatic heterocycles. The van der Waals surface area contributed by atoms with Crippen LogP contribution in [-0.4, -0.2) is 17.5 Å². The molecule has 4 nitrogen and oxygen atoms in total. The summed E-state index contributed by atoms with van der Waals surface area (Å²) in [4.78, 5) is 0. The zero-order valence-electron chi connectivity index (χ0n) is 4.37. The van der Waals surface area contributed by atoms with Gasteiger partial charge in [0.25, 0.3) is 0 Å². The van der Waals surface area contributed by atoms with Crippen molar-refractivity contribution >= 4 is 10.4 Å². The van der Waals surface area contributed by atoms with E-state index in [0.717, 1.165) is 0 Å². The topological polar surface area (TPSA) is 80.3 Å². The first-order chi connectivity index (χ1) is 2.00. The molecule has 8 heteroatoms. The van der Waals surface area contributed by atoms with Crippen molar-refractivity contribution in [3.8, 4) is 0 Å². The van der Waals surface area contributed by atoms with Crippen molar-refractivity contribution in [3.05, 3.63) is 0 Å². The standard InChI is InChI=1S/Co.2Li.H2O4S/c;;;1-5(2,3)4/h;;;(H2,1,2,3,4)/q;2*+1;/p-2. The van der Waals surface area contributed by atoms with Crippen LogP contribution in [0.2, 0.25) is 0 Å². The quantitative estimate of drug-likeness (QED) is 0.205.